The van der Waals surface area contributed by atoms with Gasteiger partial charge in [0.1, 0.15) is 5.82 Å². The molecular formula is C19H26N2. The molecule has 0 aliphatic rings. The van der Waals surface area contributed by atoms with Gasteiger partial charge in [0.15, 0.2) is 0 Å². The van der Waals surface area contributed by atoms with E-state index in [1.165, 1.54) is 21.9 Å². The average molecular weight is 282 g/mol. The zero-order valence-electron chi connectivity index (χ0n) is 13.6. The summed E-state index contributed by atoms with van der Waals surface area (Å²) in [6.45, 7) is 10.4. The van der Waals surface area contributed by atoms with E-state index < -0.39 is 0 Å². The number of hydrogen-bond donors (Lipinski definition) is 1. The van der Waals surface area contributed by atoms with Crippen molar-refractivity contribution in [3.05, 3.63) is 54.0 Å². The zero-order chi connectivity index (χ0) is 15.4. The molecular weight excluding hydrogens is 256 g/mol. The van der Waals surface area contributed by atoms with E-state index in [2.05, 4.69) is 67.1 Å². The van der Waals surface area contributed by atoms with E-state index in [0.29, 0.717) is 5.92 Å². The fourth-order valence-electron chi connectivity index (χ4n) is 2.31. The van der Waals surface area contributed by atoms with Crippen molar-refractivity contribution in [2.24, 2.45) is 0 Å². The van der Waals surface area contributed by atoms with Crippen LogP contribution in [0.3, 0.4) is 0 Å². The number of nitrogens with zero attached hydrogens (tertiary/aromatic N) is 1. The molecule has 1 heterocycles. The summed E-state index contributed by atoms with van der Waals surface area (Å²) in [6.07, 6.45) is 1.92. The van der Waals surface area contributed by atoms with Crippen LogP contribution in [0.15, 0.2) is 42.6 Å². The van der Waals surface area contributed by atoms with E-state index in [4.69, 9.17) is 0 Å². The molecule has 0 aliphatic heterocycles. The largest absolute Gasteiger partial charge is 0.342 e. The Balaban J connectivity index is 0.000000775. The number of hydrogen-bond acceptors (Lipinski definition) is 1. The second-order valence-electron chi connectivity index (χ2n) is 5.40. The first-order valence-corrected chi connectivity index (χ1v) is 7.69. The summed E-state index contributed by atoms with van der Waals surface area (Å²) in [5, 5.41) is 2.55. The summed E-state index contributed by atoms with van der Waals surface area (Å²) in [7, 11) is 0. The van der Waals surface area contributed by atoms with Crippen molar-refractivity contribution >= 4 is 10.8 Å². The van der Waals surface area contributed by atoms with Gasteiger partial charge in [0.2, 0.25) is 0 Å². The van der Waals surface area contributed by atoms with Crippen LogP contribution in [-0.2, 0) is 0 Å². The Morgan fingerprint density at radius 1 is 1.00 bits per heavy atom. The highest BCUT2D eigenvalue weighted by Gasteiger charge is 2.06. The molecule has 0 spiro atoms. The van der Waals surface area contributed by atoms with Crippen LogP contribution in [0.1, 0.15) is 46.4 Å². The molecule has 1 aromatic heterocycles. The van der Waals surface area contributed by atoms with Crippen molar-refractivity contribution in [2.45, 2.75) is 40.5 Å². The Bertz CT molecular complexity index is 729. The molecule has 3 rings (SSSR count). The molecule has 0 atom stereocenters. The molecule has 0 bridgehead atoms. The summed E-state index contributed by atoms with van der Waals surface area (Å²) in [5.41, 5.74) is 3.57. The van der Waals surface area contributed by atoms with Crippen LogP contribution in [0.4, 0.5) is 0 Å². The number of rotatable bonds is 2. The SMILES string of the molecule is CC.Cc1ccc2cc(-c3cnc(C(C)C)[nH]3)ccc2c1.[HH]. The topological polar surface area (TPSA) is 28.7 Å². The smallest absolute Gasteiger partial charge is 0.109 e. The lowest BCUT2D eigenvalue weighted by molar-refractivity contribution is 0.795. The van der Waals surface area contributed by atoms with Gasteiger partial charge in [-0.25, -0.2) is 4.98 Å². The molecule has 112 valence electrons. The predicted molar refractivity (Wildman–Crippen MR) is 93.8 cm³/mol. The van der Waals surface area contributed by atoms with Crippen molar-refractivity contribution in [1.29, 1.82) is 0 Å². The molecule has 0 amide bonds. The third kappa shape index (κ3) is 3.33. The second-order valence-corrected chi connectivity index (χ2v) is 5.40. The standard InChI is InChI=1S/C17H18N2.C2H6.H2/c1-11(2)17-18-10-16(19-17)15-7-6-13-8-12(3)4-5-14(13)9-15;1-2;/h4-11H,1-3H3,(H,18,19);1-2H3;1H. The zero-order valence-corrected chi connectivity index (χ0v) is 13.6. The van der Waals surface area contributed by atoms with Crippen LogP contribution in [0.5, 0.6) is 0 Å². The van der Waals surface area contributed by atoms with Crippen LogP contribution < -0.4 is 0 Å². The lowest BCUT2D eigenvalue weighted by Gasteiger charge is -2.03. The minimum absolute atomic E-state index is 0. The molecule has 2 heteroatoms. The molecule has 0 unspecified atom stereocenters. The monoisotopic (exact) mass is 282 g/mol. The Kier molecular flexibility index (Phi) is 4.79. The van der Waals surface area contributed by atoms with E-state index in [-0.39, 0.29) is 1.43 Å². The number of imidazole rings is 1. The van der Waals surface area contributed by atoms with Crippen LogP contribution >= 0.6 is 0 Å². The number of benzene rings is 2. The van der Waals surface area contributed by atoms with Gasteiger partial charge in [-0.15, -0.1) is 0 Å². The molecule has 0 radical (unpaired) electrons. The first-order chi connectivity index (χ1) is 10.1. The summed E-state index contributed by atoms with van der Waals surface area (Å²) in [5.74, 6) is 1.47. The number of aryl methyl sites for hydroxylation is 1. The number of fused-ring (bicyclic) bond motifs is 1. The van der Waals surface area contributed by atoms with Gasteiger partial charge < -0.3 is 4.98 Å². The number of aromatic amines is 1. The highest BCUT2D eigenvalue weighted by atomic mass is 14.9. The van der Waals surface area contributed by atoms with Gasteiger partial charge in [-0.05, 0) is 23.8 Å². The van der Waals surface area contributed by atoms with Gasteiger partial charge in [-0.3, -0.25) is 0 Å². The molecule has 1 N–H and O–H groups in total. The van der Waals surface area contributed by atoms with Crippen molar-refractivity contribution in [3.63, 3.8) is 0 Å². The summed E-state index contributed by atoms with van der Waals surface area (Å²) >= 11 is 0. The molecule has 21 heavy (non-hydrogen) atoms. The molecule has 0 aliphatic carbocycles. The van der Waals surface area contributed by atoms with Gasteiger partial charge in [-0.1, -0.05) is 63.6 Å². The lowest BCUT2D eigenvalue weighted by Crippen LogP contribution is -1.89. The fraction of sp³-hybridized carbons (Fsp3) is 0.316. The van der Waals surface area contributed by atoms with Gasteiger partial charge in [-0.2, -0.15) is 0 Å². The van der Waals surface area contributed by atoms with Gasteiger partial charge in [0, 0.05) is 12.9 Å². The van der Waals surface area contributed by atoms with Crippen molar-refractivity contribution in [1.82, 2.24) is 9.97 Å². The Morgan fingerprint density at radius 2 is 1.67 bits per heavy atom. The molecule has 2 nitrogen and oxygen atoms in total. The molecule has 0 fully saturated rings. The molecule has 0 saturated carbocycles. The van der Waals surface area contributed by atoms with E-state index in [0.717, 1.165) is 11.5 Å². The fourth-order valence-corrected chi connectivity index (χ4v) is 2.31. The van der Waals surface area contributed by atoms with Gasteiger partial charge in [0.05, 0.1) is 11.9 Å². The highest BCUT2D eigenvalue weighted by molar-refractivity contribution is 5.87. The first kappa shape index (κ1) is 15.3. The van der Waals surface area contributed by atoms with Crippen molar-refractivity contribution in [3.8, 4) is 11.3 Å². The van der Waals surface area contributed by atoms with Crippen LogP contribution in [0, 0.1) is 6.92 Å². The summed E-state index contributed by atoms with van der Waals surface area (Å²) < 4.78 is 0. The van der Waals surface area contributed by atoms with Crippen molar-refractivity contribution < 1.29 is 1.43 Å². The normalized spacial score (nSPS) is 10.6. The van der Waals surface area contributed by atoms with Crippen LogP contribution in [-0.4, -0.2) is 9.97 Å². The average Bonchev–Trinajstić information content (AvgIpc) is 2.99. The second kappa shape index (κ2) is 6.57. The number of aromatic nitrogens is 2. The third-order valence-corrected chi connectivity index (χ3v) is 3.45. The third-order valence-electron chi connectivity index (χ3n) is 3.45. The van der Waals surface area contributed by atoms with E-state index in [1.54, 1.807) is 0 Å². The lowest BCUT2D eigenvalue weighted by atomic mass is 10.0. The first-order valence-electron chi connectivity index (χ1n) is 7.69. The predicted octanol–water partition coefficient (Wildman–Crippen LogP) is 5.93. The minimum atomic E-state index is 0. The van der Waals surface area contributed by atoms with Crippen LogP contribution in [0.2, 0.25) is 0 Å². The highest BCUT2D eigenvalue weighted by Crippen LogP contribution is 2.25. The Hall–Kier alpha value is -2.09. The maximum absolute atomic E-state index is 4.43. The van der Waals surface area contributed by atoms with Crippen LogP contribution in [0.25, 0.3) is 22.0 Å². The molecule has 3 aromatic rings. The van der Waals surface area contributed by atoms with Gasteiger partial charge >= 0.3 is 0 Å². The van der Waals surface area contributed by atoms with Gasteiger partial charge in [0.25, 0.3) is 0 Å². The molecule has 0 saturated heterocycles. The quantitative estimate of drug-likeness (QED) is 0.619. The Morgan fingerprint density at radius 3 is 2.33 bits per heavy atom. The van der Waals surface area contributed by atoms with Crippen molar-refractivity contribution in [2.75, 3.05) is 0 Å². The maximum Gasteiger partial charge on any atom is 0.109 e. The number of H-pyrrole nitrogens is 1. The van der Waals surface area contributed by atoms with E-state index >= 15 is 0 Å². The van der Waals surface area contributed by atoms with E-state index in [1.807, 2.05) is 20.0 Å². The minimum Gasteiger partial charge on any atom is -0.342 e. The van der Waals surface area contributed by atoms with E-state index in [9.17, 15) is 0 Å². The molecule has 2 aromatic carbocycles. The summed E-state index contributed by atoms with van der Waals surface area (Å²) in [4.78, 5) is 7.82. The maximum atomic E-state index is 4.43. The Labute approximate surface area is 128 Å². The summed E-state index contributed by atoms with van der Waals surface area (Å²) in [6, 6.07) is 13.1. The number of nitrogens with one attached hydrogen (secondary N) is 1.